The van der Waals surface area contributed by atoms with E-state index in [-0.39, 0.29) is 24.0 Å². The molecule has 3 nitrogen and oxygen atoms in total. The van der Waals surface area contributed by atoms with Gasteiger partial charge in [-0.05, 0) is 25.2 Å². The first-order valence-corrected chi connectivity index (χ1v) is 4.48. The van der Waals surface area contributed by atoms with E-state index in [1.807, 2.05) is 0 Å². The highest BCUT2D eigenvalue weighted by molar-refractivity contribution is 5.85. The number of carbonyl (C=O) groups excluding carboxylic acids is 1. The molecule has 0 amide bonds. The second kappa shape index (κ2) is 4.82. The van der Waals surface area contributed by atoms with E-state index in [0.717, 1.165) is 19.3 Å². The summed E-state index contributed by atoms with van der Waals surface area (Å²) < 4.78 is 5.25. The van der Waals surface area contributed by atoms with Crippen molar-refractivity contribution < 1.29 is 9.53 Å². The van der Waals surface area contributed by atoms with Crippen LogP contribution in [0.1, 0.15) is 33.1 Å². The molecule has 4 heteroatoms. The maximum Gasteiger partial charge on any atom is 0.303 e. The van der Waals surface area contributed by atoms with Crippen molar-refractivity contribution in [2.75, 3.05) is 6.54 Å². The van der Waals surface area contributed by atoms with Gasteiger partial charge in [-0.25, -0.2) is 0 Å². The van der Waals surface area contributed by atoms with Crippen molar-refractivity contribution in [2.24, 2.45) is 11.7 Å². The molecule has 2 atom stereocenters. The second-order valence-corrected chi connectivity index (χ2v) is 3.83. The average Bonchev–Trinajstić information content (AvgIpc) is 2.32. The molecule has 0 aliphatic heterocycles. The lowest BCUT2D eigenvalue weighted by molar-refractivity contribution is -0.155. The summed E-state index contributed by atoms with van der Waals surface area (Å²) in [6.07, 6.45) is 2.96. The third kappa shape index (κ3) is 3.16. The zero-order chi connectivity index (χ0) is 9.19. The van der Waals surface area contributed by atoms with Crippen LogP contribution in [0.5, 0.6) is 0 Å². The Labute approximate surface area is 85.4 Å². The van der Waals surface area contributed by atoms with E-state index >= 15 is 0 Å². The Morgan fingerprint density at radius 1 is 1.69 bits per heavy atom. The molecule has 0 aromatic heterocycles. The Morgan fingerprint density at radius 3 is 2.62 bits per heavy atom. The van der Waals surface area contributed by atoms with E-state index in [9.17, 15) is 4.79 Å². The number of rotatable bonds is 2. The standard InChI is InChI=1S/C9H17NO2.ClH/c1-7-3-4-9(5-7,6-10)12-8(2)11;/h7H,3-6,10H2,1-2H3;1H/t7-,9?;/m1./s1. The summed E-state index contributed by atoms with van der Waals surface area (Å²) in [5.74, 6) is 0.419. The van der Waals surface area contributed by atoms with Gasteiger partial charge in [-0.3, -0.25) is 4.79 Å². The molecule has 0 bridgehead atoms. The maximum absolute atomic E-state index is 10.8. The van der Waals surface area contributed by atoms with E-state index in [1.54, 1.807) is 0 Å². The molecule has 13 heavy (non-hydrogen) atoms. The van der Waals surface area contributed by atoms with Crippen molar-refractivity contribution in [3.63, 3.8) is 0 Å². The van der Waals surface area contributed by atoms with Gasteiger partial charge in [-0.15, -0.1) is 12.4 Å². The Hall–Kier alpha value is -0.280. The third-order valence-corrected chi connectivity index (χ3v) is 2.55. The maximum atomic E-state index is 10.8. The molecule has 0 spiro atoms. The van der Waals surface area contributed by atoms with Gasteiger partial charge in [-0.1, -0.05) is 6.92 Å². The van der Waals surface area contributed by atoms with Gasteiger partial charge in [0.05, 0.1) is 0 Å². The number of ether oxygens (including phenoxy) is 1. The smallest absolute Gasteiger partial charge is 0.303 e. The van der Waals surface area contributed by atoms with Crippen LogP contribution in [0, 0.1) is 5.92 Å². The van der Waals surface area contributed by atoms with E-state index < -0.39 is 0 Å². The molecule has 0 aromatic rings. The fraction of sp³-hybridized carbons (Fsp3) is 0.889. The van der Waals surface area contributed by atoms with Crippen LogP contribution in [0.2, 0.25) is 0 Å². The molecule has 0 radical (unpaired) electrons. The van der Waals surface area contributed by atoms with Crippen LogP contribution in [-0.2, 0) is 9.53 Å². The second-order valence-electron chi connectivity index (χ2n) is 3.83. The normalized spacial score (nSPS) is 32.4. The fourth-order valence-electron chi connectivity index (χ4n) is 1.97. The topological polar surface area (TPSA) is 52.3 Å². The number of nitrogens with two attached hydrogens (primary N) is 1. The summed E-state index contributed by atoms with van der Waals surface area (Å²) in [5.41, 5.74) is 5.26. The first-order chi connectivity index (χ1) is 5.58. The van der Waals surface area contributed by atoms with Gasteiger partial charge in [0, 0.05) is 13.5 Å². The van der Waals surface area contributed by atoms with E-state index in [4.69, 9.17) is 10.5 Å². The molecule has 2 N–H and O–H groups in total. The van der Waals surface area contributed by atoms with Crippen LogP contribution in [0.25, 0.3) is 0 Å². The molecule has 1 rings (SSSR count). The molecule has 1 unspecified atom stereocenters. The number of hydrogen-bond donors (Lipinski definition) is 1. The SMILES string of the molecule is CC(=O)OC1(CN)CC[C@@H](C)C1.Cl. The third-order valence-electron chi connectivity index (χ3n) is 2.55. The van der Waals surface area contributed by atoms with Crippen LogP contribution in [0.3, 0.4) is 0 Å². The largest absolute Gasteiger partial charge is 0.458 e. The van der Waals surface area contributed by atoms with Crippen LogP contribution >= 0.6 is 12.4 Å². The number of carbonyl (C=O) groups is 1. The Kier molecular flexibility index (Phi) is 4.71. The first kappa shape index (κ1) is 12.7. The monoisotopic (exact) mass is 207 g/mol. The van der Waals surface area contributed by atoms with Crippen molar-refractivity contribution in [3.05, 3.63) is 0 Å². The van der Waals surface area contributed by atoms with Crippen molar-refractivity contribution in [3.8, 4) is 0 Å². The van der Waals surface area contributed by atoms with Crippen molar-refractivity contribution >= 4 is 18.4 Å². The fourth-order valence-corrected chi connectivity index (χ4v) is 1.97. The molecule has 1 saturated carbocycles. The van der Waals surface area contributed by atoms with Gasteiger partial charge in [-0.2, -0.15) is 0 Å². The molecule has 1 aliphatic rings. The summed E-state index contributed by atoms with van der Waals surface area (Å²) in [4.78, 5) is 10.8. The van der Waals surface area contributed by atoms with Crippen LogP contribution in [0.15, 0.2) is 0 Å². The van der Waals surface area contributed by atoms with Crippen LogP contribution in [-0.4, -0.2) is 18.1 Å². The van der Waals surface area contributed by atoms with E-state index in [2.05, 4.69) is 6.92 Å². The number of halogens is 1. The molecule has 1 aliphatic carbocycles. The summed E-state index contributed by atoms with van der Waals surface area (Å²) in [5, 5.41) is 0. The minimum absolute atomic E-state index is 0. The highest BCUT2D eigenvalue weighted by Crippen LogP contribution is 2.36. The van der Waals surface area contributed by atoms with Gasteiger partial charge in [0.1, 0.15) is 5.60 Å². The zero-order valence-electron chi connectivity index (χ0n) is 8.21. The predicted molar refractivity (Wildman–Crippen MR) is 53.8 cm³/mol. The molecule has 1 fully saturated rings. The minimum Gasteiger partial charge on any atom is -0.458 e. The lowest BCUT2D eigenvalue weighted by Crippen LogP contribution is -2.39. The Morgan fingerprint density at radius 2 is 2.31 bits per heavy atom. The van der Waals surface area contributed by atoms with Gasteiger partial charge in [0.15, 0.2) is 0 Å². The first-order valence-electron chi connectivity index (χ1n) is 4.48. The molecular formula is C9H18ClNO2. The molecule has 0 saturated heterocycles. The van der Waals surface area contributed by atoms with E-state index in [0.29, 0.717) is 12.5 Å². The highest BCUT2D eigenvalue weighted by atomic mass is 35.5. The van der Waals surface area contributed by atoms with Crippen molar-refractivity contribution in [2.45, 2.75) is 38.7 Å². The minimum atomic E-state index is -0.342. The average molecular weight is 208 g/mol. The van der Waals surface area contributed by atoms with Gasteiger partial charge in [0.2, 0.25) is 0 Å². The van der Waals surface area contributed by atoms with E-state index in [1.165, 1.54) is 6.92 Å². The summed E-state index contributed by atoms with van der Waals surface area (Å²) >= 11 is 0. The molecule has 78 valence electrons. The Balaban J connectivity index is 0.00000144. The lowest BCUT2D eigenvalue weighted by atomic mass is 10.0. The van der Waals surface area contributed by atoms with Crippen molar-refractivity contribution in [1.82, 2.24) is 0 Å². The molecule has 0 aromatic carbocycles. The van der Waals surface area contributed by atoms with Gasteiger partial charge in [0.25, 0.3) is 0 Å². The van der Waals surface area contributed by atoms with Gasteiger partial charge < -0.3 is 10.5 Å². The highest BCUT2D eigenvalue weighted by Gasteiger charge is 2.38. The van der Waals surface area contributed by atoms with Crippen LogP contribution in [0.4, 0.5) is 0 Å². The number of esters is 1. The summed E-state index contributed by atoms with van der Waals surface area (Å²) in [6, 6.07) is 0. The van der Waals surface area contributed by atoms with Gasteiger partial charge >= 0.3 is 5.97 Å². The quantitative estimate of drug-likeness (QED) is 0.699. The summed E-state index contributed by atoms with van der Waals surface area (Å²) in [6.45, 7) is 4.07. The summed E-state index contributed by atoms with van der Waals surface area (Å²) in [7, 11) is 0. The molecular weight excluding hydrogens is 190 g/mol. The van der Waals surface area contributed by atoms with Crippen molar-refractivity contribution in [1.29, 1.82) is 0 Å². The Bertz CT molecular complexity index is 186. The lowest BCUT2D eigenvalue weighted by Gasteiger charge is -2.26. The zero-order valence-corrected chi connectivity index (χ0v) is 9.02. The van der Waals surface area contributed by atoms with Crippen LogP contribution < -0.4 is 5.73 Å². The predicted octanol–water partition coefficient (Wildman–Crippen LogP) is 1.49. The number of hydrogen-bond acceptors (Lipinski definition) is 3. The molecule has 0 heterocycles.